The molecule has 3 N–H and O–H groups in total. The summed E-state index contributed by atoms with van der Waals surface area (Å²) in [4.78, 5) is 44.2. The highest BCUT2D eigenvalue weighted by molar-refractivity contribution is 8.02. The molecule has 2 aromatic rings. The fourth-order valence-electron chi connectivity index (χ4n) is 7.20. The second-order valence-corrected chi connectivity index (χ2v) is 13.5. The summed E-state index contributed by atoms with van der Waals surface area (Å²) in [7, 11) is 0. The van der Waals surface area contributed by atoms with Gasteiger partial charge in [-0.25, -0.2) is 0 Å². The zero-order valence-corrected chi connectivity index (χ0v) is 24.8. The number of carbonyl (C=O) groups excluding carboxylic acids is 3. The monoisotopic (exact) mass is 563 g/mol. The molecule has 5 rings (SSSR count). The zero-order valence-electron chi connectivity index (χ0n) is 24.0. The van der Waals surface area contributed by atoms with Crippen molar-refractivity contribution in [1.82, 2.24) is 10.2 Å². The molecule has 3 unspecified atom stereocenters. The molecule has 7 nitrogen and oxygen atoms in total. The zero-order chi connectivity index (χ0) is 28.8. The highest BCUT2D eigenvalue weighted by atomic mass is 32.2. The van der Waals surface area contributed by atoms with E-state index in [1.54, 1.807) is 16.7 Å². The number of likely N-dealkylation sites (tertiary alicyclic amines) is 1. The second kappa shape index (κ2) is 11.2. The van der Waals surface area contributed by atoms with Crippen LogP contribution >= 0.6 is 11.8 Å². The number of aliphatic hydroxyl groups excluding tert-OH is 1. The molecule has 0 aromatic heterocycles. The lowest BCUT2D eigenvalue weighted by molar-refractivity contribution is -0.143. The average Bonchev–Trinajstić information content (AvgIpc) is 3.54. The van der Waals surface area contributed by atoms with Gasteiger partial charge in [-0.3, -0.25) is 14.4 Å². The maximum atomic E-state index is 14.5. The van der Waals surface area contributed by atoms with Crippen molar-refractivity contribution in [2.24, 2.45) is 23.7 Å². The molecule has 8 heteroatoms. The molecule has 3 amide bonds. The number of amides is 3. The number of nitrogens with one attached hydrogen (secondary N) is 2. The van der Waals surface area contributed by atoms with Gasteiger partial charge in [-0.2, -0.15) is 0 Å². The van der Waals surface area contributed by atoms with E-state index in [1.807, 2.05) is 76.2 Å². The highest BCUT2D eigenvalue weighted by Crippen LogP contribution is 2.69. The van der Waals surface area contributed by atoms with Crippen LogP contribution in [-0.4, -0.2) is 56.4 Å². The van der Waals surface area contributed by atoms with Gasteiger partial charge in [0.2, 0.25) is 17.7 Å². The first-order valence-electron chi connectivity index (χ1n) is 14.4. The smallest absolute Gasteiger partial charge is 0.248 e. The number of aliphatic hydroxyl groups is 1. The quantitative estimate of drug-likeness (QED) is 0.423. The van der Waals surface area contributed by atoms with Gasteiger partial charge in [0, 0.05) is 17.5 Å². The van der Waals surface area contributed by atoms with Gasteiger partial charge in [-0.05, 0) is 54.9 Å². The normalized spacial score (nSPS) is 30.2. The molecule has 3 fully saturated rings. The van der Waals surface area contributed by atoms with Crippen LogP contribution in [0.5, 0.6) is 0 Å². The van der Waals surface area contributed by atoms with Gasteiger partial charge in [-0.1, -0.05) is 69.7 Å². The third kappa shape index (κ3) is 4.63. The summed E-state index contributed by atoms with van der Waals surface area (Å²) >= 11 is 1.66. The van der Waals surface area contributed by atoms with E-state index in [4.69, 9.17) is 0 Å². The van der Waals surface area contributed by atoms with Crippen LogP contribution in [-0.2, 0) is 20.9 Å². The Morgan fingerprint density at radius 3 is 2.55 bits per heavy atom. The summed E-state index contributed by atoms with van der Waals surface area (Å²) in [6.45, 7) is 10.3. The van der Waals surface area contributed by atoms with E-state index in [0.717, 1.165) is 35.2 Å². The first kappa shape index (κ1) is 28.7. The fraction of sp³-hybridized carbons (Fsp3) is 0.531. The van der Waals surface area contributed by atoms with E-state index in [9.17, 15) is 19.5 Å². The number of fused-ring (bicyclic) bond motifs is 1. The largest absolute Gasteiger partial charge is 0.394 e. The molecular formula is C32H41N3O4S. The van der Waals surface area contributed by atoms with Crippen LogP contribution in [0.2, 0.25) is 0 Å². The summed E-state index contributed by atoms with van der Waals surface area (Å²) < 4.78 is -0.737. The third-order valence-electron chi connectivity index (χ3n) is 9.54. The molecule has 1 spiro atoms. The average molecular weight is 564 g/mol. The Labute approximate surface area is 241 Å². The molecule has 8 atom stereocenters. The van der Waals surface area contributed by atoms with Gasteiger partial charge in [0.1, 0.15) is 6.04 Å². The molecule has 3 aliphatic rings. The number of carbonyl (C=O) groups is 3. The van der Waals surface area contributed by atoms with Gasteiger partial charge in [0.05, 0.1) is 29.2 Å². The Balaban J connectivity index is 1.53. The van der Waals surface area contributed by atoms with Crippen molar-refractivity contribution in [2.45, 2.75) is 76.1 Å². The van der Waals surface area contributed by atoms with Gasteiger partial charge in [0.15, 0.2) is 0 Å². The summed E-state index contributed by atoms with van der Waals surface area (Å²) in [5.41, 5.74) is 3.70. The number of nitrogens with zero attached hydrogens (tertiary/aromatic N) is 1. The minimum atomic E-state index is -0.784. The molecule has 40 heavy (non-hydrogen) atoms. The number of aryl methyl sites for hydroxylation is 2. The molecular weight excluding hydrogens is 522 g/mol. The summed E-state index contributed by atoms with van der Waals surface area (Å²) in [6, 6.07) is 14.4. The van der Waals surface area contributed by atoms with Crippen LogP contribution in [0.3, 0.4) is 0 Å². The molecule has 3 heterocycles. The molecule has 2 bridgehead atoms. The van der Waals surface area contributed by atoms with E-state index in [0.29, 0.717) is 6.54 Å². The highest BCUT2D eigenvalue weighted by Gasteiger charge is 2.76. The van der Waals surface area contributed by atoms with Gasteiger partial charge >= 0.3 is 0 Å². The molecule has 0 aliphatic carbocycles. The Hall–Kier alpha value is -2.84. The minimum Gasteiger partial charge on any atom is -0.394 e. The van der Waals surface area contributed by atoms with Crippen molar-refractivity contribution in [1.29, 1.82) is 0 Å². The molecule has 3 saturated heterocycles. The summed E-state index contributed by atoms with van der Waals surface area (Å²) in [5.74, 6) is -1.64. The lowest BCUT2D eigenvalue weighted by Crippen LogP contribution is -2.58. The maximum absolute atomic E-state index is 14.5. The predicted octanol–water partition coefficient (Wildman–Crippen LogP) is 4.30. The number of thioether (sulfide) groups is 1. The van der Waals surface area contributed by atoms with Gasteiger partial charge < -0.3 is 20.6 Å². The van der Waals surface area contributed by atoms with Crippen molar-refractivity contribution in [3.05, 3.63) is 65.2 Å². The maximum Gasteiger partial charge on any atom is 0.248 e. The van der Waals surface area contributed by atoms with Crippen molar-refractivity contribution >= 4 is 35.2 Å². The molecule has 2 aromatic carbocycles. The van der Waals surface area contributed by atoms with Gasteiger partial charge in [0.25, 0.3) is 0 Å². The summed E-state index contributed by atoms with van der Waals surface area (Å²) in [5, 5.41) is 16.8. The van der Waals surface area contributed by atoms with Crippen LogP contribution < -0.4 is 10.6 Å². The molecule has 3 aliphatic heterocycles. The third-order valence-corrected chi connectivity index (χ3v) is 11.6. The second-order valence-electron chi connectivity index (χ2n) is 11.9. The van der Waals surface area contributed by atoms with Crippen molar-refractivity contribution < 1.29 is 19.5 Å². The molecule has 214 valence electrons. The Morgan fingerprint density at radius 1 is 1.15 bits per heavy atom. The molecule has 0 radical (unpaired) electrons. The topological polar surface area (TPSA) is 98.7 Å². The van der Waals surface area contributed by atoms with Crippen molar-refractivity contribution in [2.75, 3.05) is 11.9 Å². The first-order chi connectivity index (χ1) is 19.1. The standard InChI is InChI=1S/C32H41N3O4S/c1-6-19(3)24(17-36)35-28(30(38)34-23-14-18(2)12-13-20(23)4)32-21(5)15-25(40-32)26(27(32)31(35)39)29(37)33-16-22-10-8-7-9-11-22/h7-14,19,21,24-28,36H,6,15-17H2,1-5H3,(H,33,37)(H,34,38)/t19-,21?,24-,25-,26+,27-,28?,32?/m0/s1. The number of benzene rings is 2. The Bertz CT molecular complexity index is 1290. The van der Waals surface area contributed by atoms with Crippen LogP contribution in [0.15, 0.2) is 48.5 Å². The number of hydrogen-bond acceptors (Lipinski definition) is 5. The SMILES string of the molecule is CC[C@H](C)[C@H](CO)N1C(=O)[C@@H]2[C@H](C(=O)NCc3ccccc3)[C@@H]3CC(C)C2(S3)C1C(=O)Nc1cc(C)ccc1C. The number of anilines is 1. The van der Waals surface area contributed by atoms with E-state index in [1.165, 1.54) is 0 Å². The lowest BCUT2D eigenvalue weighted by Gasteiger charge is -2.41. The Kier molecular flexibility index (Phi) is 8.03. The minimum absolute atomic E-state index is 0.0111. The van der Waals surface area contributed by atoms with Crippen molar-refractivity contribution in [3.8, 4) is 0 Å². The van der Waals surface area contributed by atoms with Crippen LogP contribution in [0, 0.1) is 37.5 Å². The van der Waals surface area contributed by atoms with Crippen LogP contribution in [0.25, 0.3) is 0 Å². The number of hydrogen-bond donors (Lipinski definition) is 3. The first-order valence-corrected chi connectivity index (χ1v) is 15.3. The van der Waals surface area contributed by atoms with E-state index in [-0.39, 0.29) is 41.4 Å². The molecule has 0 saturated carbocycles. The van der Waals surface area contributed by atoms with Crippen LogP contribution in [0.4, 0.5) is 5.69 Å². The van der Waals surface area contributed by atoms with Gasteiger partial charge in [-0.15, -0.1) is 11.8 Å². The summed E-state index contributed by atoms with van der Waals surface area (Å²) in [6.07, 6.45) is 1.52. The van der Waals surface area contributed by atoms with E-state index >= 15 is 0 Å². The fourth-order valence-corrected chi connectivity index (χ4v) is 9.61. The van der Waals surface area contributed by atoms with E-state index in [2.05, 4.69) is 17.6 Å². The number of rotatable bonds is 9. The Morgan fingerprint density at radius 2 is 1.88 bits per heavy atom. The van der Waals surface area contributed by atoms with E-state index < -0.39 is 28.7 Å². The lowest BCUT2D eigenvalue weighted by atomic mass is 9.66. The van der Waals surface area contributed by atoms with Crippen molar-refractivity contribution in [3.63, 3.8) is 0 Å². The van der Waals surface area contributed by atoms with Crippen LogP contribution in [0.1, 0.15) is 50.3 Å². The predicted molar refractivity (Wildman–Crippen MR) is 159 cm³/mol.